The first kappa shape index (κ1) is 34.6. The normalized spacial score (nSPS) is 20.6. The highest BCUT2D eigenvalue weighted by molar-refractivity contribution is 5.93. The van der Waals surface area contributed by atoms with Crippen LogP contribution in [0.25, 0.3) is 0 Å². The Hall–Kier alpha value is -3.76. The highest BCUT2D eigenvalue weighted by Crippen LogP contribution is 2.38. The van der Waals surface area contributed by atoms with Gasteiger partial charge in [0.25, 0.3) is 0 Å². The number of ether oxygens (including phenoxy) is 2. The number of para-hydroxylation sites is 2. The third-order valence-electron chi connectivity index (χ3n) is 9.06. The minimum absolute atomic E-state index is 0.0199. The lowest BCUT2D eigenvalue weighted by Gasteiger charge is -2.38. The average Bonchev–Trinajstić information content (AvgIpc) is 3.08. The number of nitrogens with two attached hydrogens (primary N) is 1. The monoisotopic (exact) mass is 642 g/mol. The molecule has 2 aliphatic rings. The van der Waals surface area contributed by atoms with Crippen molar-refractivity contribution in [2.75, 3.05) is 30.7 Å². The van der Waals surface area contributed by atoms with Crippen LogP contribution >= 0.6 is 0 Å². The molecule has 0 saturated carbocycles. The Kier molecular flexibility index (Phi) is 13.2. The summed E-state index contributed by atoms with van der Waals surface area (Å²) in [4.78, 5) is 27.2. The summed E-state index contributed by atoms with van der Waals surface area (Å²) in [6.45, 7) is 3.56. The van der Waals surface area contributed by atoms with Crippen LogP contribution in [0.3, 0.4) is 0 Å². The third-order valence-corrected chi connectivity index (χ3v) is 9.06. The number of benzene rings is 3. The van der Waals surface area contributed by atoms with Crippen molar-refractivity contribution < 1.29 is 24.2 Å². The Morgan fingerprint density at radius 3 is 2.13 bits per heavy atom. The maximum absolute atomic E-state index is 12.5. The lowest BCUT2D eigenvalue weighted by Crippen LogP contribution is -2.40. The van der Waals surface area contributed by atoms with E-state index in [-0.39, 0.29) is 30.6 Å². The minimum atomic E-state index is -0.495. The number of aliphatic hydroxyl groups excluding tert-OH is 1. The number of aliphatic hydroxyl groups is 1. The quantitative estimate of drug-likeness (QED) is 0.126. The number of unbranched alkanes of at least 4 members (excludes halogenated alkanes) is 1. The van der Waals surface area contributed by atoms with Gasteiger partial charge < -0.3 is 35.8 Å². The van der Waals surface area contributed by atoms with Gasteiger partial charge in [0.15, 0.2) is 6.29 Å². The van der Waals surface area contributed by atoms with E-state index in [4.69, 9.17) is 15.2 Å². The fraction of sp³-hybridized carbons (Fsp3) is 0.474. The summed E-state index contributed by atoms with van der Waals surface area (Å²) in [5.74, 6) is -0.147. The molecule has 0 bridgehead atoms. The molecule has 2 saturated heterocycles. The molecular weight excluding hydrogens is 592 g/mol. The molecular formula is C38H50N4O5. The number of hydrogen-bond donors (Lipinski definition) is 4. The molecule has 3 aromatic carbocycles. The van der Waals surface area contributed by atoms with Crippen LogP contribution in [0.5, 0.6) is 0 Å². The molecule has 2 heterocycles. The second-order valence-corrected chi connectivity index (χ2v) is 12.8. The van der Waals surface area contributed by atoms with Crippen LogP contribution in [0, 0.1) is 0 Å². The van der Waals surface area contributed by atoms with Gasteiger partial charge in [0.05, 0.1) is 30.2 Å². The van der Waals surface area contributed by atoms with Crippen molar-refractivity contribution in [1.82, 2.24) is 10.2 Å². The van der Waals surface area contributed by atoms with Crippen molar-refractivity contribution in [2.45, 2.75) is 95.9 Å². The first-order valence-electron chi connectivity index (χ1n) is 17.2. The Bertz CT molecular complexity index is 1410. The number of likely N-dealkylation sites (tertiary alicyclic amines) is 1. The molecule has 3 atom stereocenters. The summed E-state index contributed by atoms with van der Waals surface area (Å²) in [5.41, 5.74) is 10.9. The number of carbonyl (C=O) groups is 2. The highest BCUT2D eigenvalue weighted by atomic mass is 16.7. The SMILES string of the molecule is Nc1ccccc1NC(=O)CCCCC(=O)NCc1ccc([C@H]2O[C@@H](CN3CCCCCCC3)C[C@@H](c3ccc(CO)cc3)O2)cc1. The fourth-order valence-corrected chi connectivity index (χ4v) is 6.29. The molecule has 47 heavy (non-hydrogen) atoms. The molecule has 5 N–H and O–H groups in total. The number of nitrogen functional groups attached to an aromatic ring is 1. The molecule has 0 unspecified atom stereocenters. The number of nitrogens with one attached hydrogen (secondary N) is 2. The molecule has 9 heteroatoms. The van der Waals surface area contributed by atoms with Gasteiger partial charge in [-0.3, -0.25) is 9.59 Å². The molecule has 2 amide bonds. The first-order valence-corrected chi connectivity index (χ1v) is 17.2. The van der Waals surface area contributed by atoms with Crippen molar-refractivity contribution in [2.24, 2.45) is 0 Å². The Morgan fingerprint density at radius 1 is 0.787 bits per heavy atom. The van der Waals surface area contributed by atoms with E-state index >= 15 is 0 Å². The number of amides is 2. The first-order chi connectivity index (χ1) is 23.0. The second kappa shape index (κ2) is 18.0. The number of nitrogens with zero attached hydrogens (tertiary/aromatic N) is 1. The molecule has 5 rings (SSSR count). The van der Waals surface area contributed by atoms with Gasteiger partial charge in [0, 0.05) is 37.9 Å². The van der Waals surface area contributed by atoms with E-state index in [1.807, 2.05) is 60.7 Å². The lowest BCUT2D eigenvalue weighted by atomic mass is 9.99. The van der Waals surface area contributed by atoms with E-state index in [9.17, 15) is 14.7 Å². The highest BCUT2D eigenvalue weighted by Gasteiger charge is 2.33. The maximum Gasteiger partial charge on any atom is 0.224 e. The number of hydrogen-bond acceptors (Lipinski definition) is 7. The lowest BCUT2D eigenvalue weighted by molar-refractivity contribution is -0.253. The molecule has 2 aliphatic heterocycles. The van der Waals surface area contributed by atoms with Gasteiger partial charge >= 0.3 is 0 Å². The summed E-state index contributed by atoms with van der Waals surface area (Å²) in [5, 5.41) is 15.3. The molecule has 0 aliphatic carbocycles. The van der Waals surface area contributed by atoms with Crippen molar-refractivity contribution in [3.8, 4) is 0 Å². The van der Waals surface area contributed by atoms with Crippen LogP contribution < -0.4 is 16.4 Å². The topological polar surface area (TPSA) is 126 Å². The van der Waals surface area contributed by atoms with Crippen LogP contribution in [0.2, 0.25) is 0 Å². The van der Waals surface area contributed by atoms with Gasteiger partial charge in [0.2, 0.25) is 11.8 Å². The van der Waals surface area contributed by atoms with Crippen LogP contribution in [-0.2, 0) is 32.2 Å². The third kappa shape index (κ3) is 10.9. The number of rotatable bonds is 13. The van der Waals surface area contributed by atoms with Gasteiger partial charge in [0.1, 0.15) is 0 Å². The van der Waals surface area contributed by atoms with E-state index < -0.39 is 6.29 Å². The average molecular weight is 643 g/mol. The van der Waals surface area contributed by atoms with Crippen molar-refractivity contribution >= 4 is 23.2 Å². The summed E-state index contributed by atoms with van der Waals surface area (Å²) < 4.78 is 13.1. The van der Waals surface area contributed by atoms with Gasteiger partial charge in [-0.25, -0.2) is 0 Å². The van der Waals surface area contributed by atoms with Gasteiger partial charge in [-0.2, -0.15) is 0 Å². The molecule has 0 aromatic heterocycles. The molecule has 252 valence electrons. The van der Waals surface area contributed by atoms with E-state index in [1.165, 1.54) is 32.1 Å². The summed E-state index contributed by atoms with van der Waals surface area (Å²) >= 11 is 0. The van der Waals surface area contributed by atoms with E-state index in [1.54, 1.807) is 12.1 Å². The number of carbonyl (C=O) groups excluding carboxylic acids is 2. The zero-order valence-corrected chi connectivity index (χ0v) is 27.4. The maximum atomic E-state index is 12.5. The van der Waals surface area contributed by atoms with Crippen molar-refractivity contribution in [3.63, 3.8) is 0 Å². The van der Waals surface area contributed by atoms with Crippen LogP contribution in [0.4, 0.5) is 11.4 Å². The standard InChI is InChI=1S/C38H50N4O5/c39-33-10-4-5-11-34(33)41-37(45)13-7-6-12-36(44)40-25-28-14-20-31(21-15-28)38-46-32(26-42-22-8-2-1-3-9-23-42)24-35(47-38)30-18-16-29(27-43)17-19-30/h4-5,10-11,14-21,32,35,38,43H,1-3,6-9,12-13,22-27,39H2,(H,40,44)(H,41,45)/t32-,35+,38+/m1/s1. The smallest absolute Gasteiger partial charge is 0.224 e. The van der Waals surface area contributed by atoms with Gasteiger partial charge in [-0.15, -0.1) is 0 Å². The van der Waals surface area contributed by atoms with E-state index in [0.717, 1.165) is 48.3 Å². The largest absolute Gasteiger partial charge is 0.397 e. The molecule has 2 fully saturated rings. The predicted molar refractivity (Wildman–Crippen MR) is 184 cm³/mol. The van der Waals surface area contributed by atoms with E-state index in [0.29, 0.717) is 43.6 Å². The summed E-state index contributed by atoms with van der Waals surface area (Å²) in [6, 6.07) is 23.2. The Labute approximate surface area is 278 Å². The van der Waals surface area contributed by atoms with Crippen molar-refractivity contribution in [1.29, 1.82) is 0 Å². The predicted octanol–water partition coefficient (Wildman–Crippen LogP) is 6.39. The van der Waals surface area contributed by atoms with Crippen LogP contribution in [0.1, 0.15) is 98.9 Å². The molecule has 0 spiro atoms. The minimum Gasteiger partial charge on any atom is -0.397 e. The molecule has 3 aromatic rings. The van der Waals surface area contributed by atoms with Crippen molar-refractivity contribution in [3.05, 3.63) is 95.1 Å². The summed E-state index contributed by atoms with van der Waals surface area (Å²) in [7, 11) is 0. The van der Waals surface area contributed by atoms with Crippen LogP contribution in [-0.4, -0.2) is 47.6 Å². The molecule has 0 radical (unpaired) electrons. The fourth-order valence-electron chi connectivity index (χ4n) is 6.29. The van der Waals surface area contributed by atoms with Gasteiger partial charge in [-0.1, -0.05) is 79.9 Å². The zero-order chi connectivity index (χ0) is 32.8. The Balaban J connectivity index is 1.11. The zero-order valence-electron chi connectivity index (χ0n) is 27.4. The Morgan fingerprint density at radius 2 is 1.43 bits per heavy atom. The second-order valence-electron chi connectivity index (χ2n) is 12.8. The van der Waals surface area contributed by atoms with Gasteiger partial charge in [-0.05, 0) is 67.6 Å². The van der Waals surface area contributed by atoms with Crippen LogP contribution in [0.15, 0.2) is 72.8 Å². The van der Waals surface area contributed by atoms with E-state index in [2.05, 4.69) is 15.5 Å². The number of anilines is 2. The molecule has 9 nitrogen and oxygen atoms in total. The summed E-state index contributed by atoms with van der Waals surface area (Å²) in [6.07, 6.45) is 8.55.